The van der Waals surface area contributed by atoms with Gasteiger partial charge in [0, 0.05) is 10.8 Å². The van der Waals surface area contributed by atoms with Crippen LogP contribution >= 0.6 is 11.6 Å². The van der Waals surface area contributed by atoms with E-state index in [0.717, 1.165) is 27.4 Å². The van der Waals surface area contributed by atoms with E-state index in [1.54, 1.807) is 0 Å². The molecule has 0 amide bonds. The smallest absolute Gasteiger partial charge is 0.455 e. The van der Waals surface area contributed by atoms with Crippen molar-refractivity contribution in [3.05, 3.63) is 41.4 Å². The highest BCUT2D eigenvalue weighted by atomic mass is 35.5. The van der Waals surface area contributed by atoms with Crippen LogP contribution in [0.4, 0.5) is 0 Å². The maximum absolute atomic E-state index is 6.23. The van der Waals surface area contributed by atoms with Gasteiger partial charge in [0.1, 0.15) is 5.58 Å². The predicted molar refractivity (Wildman–Crippen MR) is 94.4 cm³/mol. The van der Waals surface area contributed by atoms with Gasteiger partial charge < -0.3 is 13.7 Å². The van der Waals surface area contributed by atoms with Crippen LogP contribution in [0.25, 0.3) is 21.9 Å². The molecule has 0 radical (unpaired) electrons. The molecule has 1 fully saturated rings. The fourth-order valence-corrected chi connectivity index (χ4v) is 3.12. The maximum Gasteiger partial charge on any atom is 0.494 e. The second-order valence-electron chi connectivity index (χ2n) is 7.06. The van der Waals surface area contributed by atoms with Crippen molar-refractivity contribution >= 4 is 46.1 Å². The summed E-state index contributed by atoms with van der Waals surface area (Å²) in [7, 11) is -0.395. The van der Waals surface area contributed by atoms with Gasteiger partial charge in [-0.2, -0.15) is 0 Å². The number of fused-ring (bicyclic) bond motifs is 3. The van der Waals surface area contributed by atoms with Crippen LogP contribution in [0.15, 0.2) is 40.8 Å². The Hall–Kier alpha value is -1.49. The third-order valence-corrected chi connectivity index (χ3v) is 5.30. The summed E-state index contributed by atoms with van der Waals surface area (Å²) < 4.78 is 18.2. The molecule has 0 aliphatic carbocycles. The van der Waals surface area contributed by atoms with Crippen LogP contribution in [0, 0.1) is 0 Å². The molecule has 23 heavy (non-hydrogen) atoms. The molecule has 0 saturated carbocycles. The van der Waals surface area contributed by atoms with Crippen LogP contribution in [0.3, 0.4) is 0 Å². The van der Waals surface area contributed by atoms with Crippen LogP contribution in [-0.2, 0) is 9.31 Å². The average Bonchev–Trinajstić information content (AvgIpc) is 2.94. The van der Waals surface area contributed by atoms with Crippen LogP contribution in [0.1, 0.15) is 27.7 Å². The van der Waals surface area contributed by atoms with Gasteiger partial charge >= 0.3 is 7.12 Å². The number of hydrogen-bond acceptors (Lipinski definition) is 3. The van der Waals surface area contributed by atoms with E-state index >= 15 is 0 Å². The lowest BCUT2D eigenvalue weighted by atomic mass is 9.79. The number of furan rings is 1. The first-order chi connectivity index (χ1) is 10.8. The molecule has 0 N–H and O–H groups in total. The van der Waals surface area contributed by atoms with Crippen molar-refractivity contribution in [2.75, 3.05) is 0 Å². The molecule has 2 aromatic carbocycles. The topological polar surface area (TPSA) is 31.6 Å². The Labute approximate surface area is 140 Å². The molecular formula is C18H18BClO3. The lowest BCUT2D eigenvalue weighted by Crippen LogP contribution is -2.41. The Morgan fingerprint density at radius 1 is 0.913 bits per heavy atom. The van der Waals surface area contributed by atoms with Crippen molar-refractivity contribution in [1.29, 1.82) is 0 Å². The molecule has 1 saturated heterocycles. The van der Waals surface area contributed by atoms with E-state index < -0.39 is 7.12 Å². The second kappa shape index (κ2) is 4.76. The van der Waals surface area contributed by atoms with Crippen molar-refractivity contribution in [1.82, 2.24) is 0 Å². The van der Waals surface area contributed by atoms with E-state index in [1.165, 1.54) is 0 Å². The van der Waals surface area contributed by atoms with Gasteiger partial charge in [-0.1, -0.05) is 35.9 Å². The van der Waals surface area contributed by atoms with Gasteiger partial charge in [0.15, 0.2) is 5.58 Å². The molecule has 0 unspecified atom stereocenters. The normalized spacial score (nSPS) is 19.8. The van der Waals surface area contributed by atoms with Crippen molar-refractivity contribution in [2.45, 2.75) is 38.9 Å². The molecule has 0 atom stereocenters. The molecule has 0 bridgehead atoms. The number of halogens is 1. The highest BCUT2D eigenvalue weighted by Crippen LogP contribution is 2.37. The summed E-state index contributed by atoms with van der Waals surface area (Å²) in [5.74, 6) is 0. The molecule has 3 aromatic rings. The minimum Gasteiger partial charge on any atom is -0.455 e. The first-order valence-corrected chi connectivity index (χ1v) is 8.13. The Morgan fingerprint density at radius 3 is 2.30 bits per heavy atom. The van der Waals surface area contributed by atoms with Gasteiger partial charge in [-0.25, -0.2) is 0 Å². The molecule has 2 heterocycles. The summed E-state index contributed by atoms with van der Waals surface area (Å²) >= 11 is 6.23. The van der Waals surface area contributed by atoms with E-state index in [0.29, 0.717) is 5.02 Å². The lowest BCUT2D eigenvalue weighted by molar-refractivity contribution is 0.00578. The van der Waals surface area contributed by atoms with Crippen LogP contribution in [-0.4, -0.2) is 18.3 Å². The third kappa shape index (κ3) is 2.20. The van der Waals surface area contributed by atoms with Gasteiger partial charge in [0.2, 0.25) is 0 Å². The zero-order chi connectivity index (χ0) is 16.4. The Kier molecular flexibility index (Phi) is 3.12. The standard InChI is InChI=1S/C18H18BClO3/c1-17(2)18(3,4)23-19(22-17)11-8-9-12-13-6-5-7-14(20)16(13)21-15(12)10-11/h5-10H,1-4H3. The zero-order valence-electron chi connectivity index (χ0n) is 13.6. The number of para-hydroxylation sites is 1. The van der Waals surface area contributed by atoms with Gasteiger partial charge in [-0.15, -0.1) is 0 Å². The Bertz CT molecular complexity index is 897. The van der Waals surface area contributed by atoms with Crippen LogP contribution < -0.4 is 5.46 Å². The van der Waals surface area contributed by atoms with Crippen molar-refractivity contribution in [3.8, 4) is 0 Å². The fourth-order valence-electron chi connectivity index (χ4n) is 2.91. The van der Waals surface area contributed by atoms with E-state index in [9.17, 15) is 0 Å². The quantitative estimate of drug-likeness (QED) is 0.615. The summed E-state index contributed by atoms with van der Waals surface area (Å²) in [4.78, 5) is 0. The van der Waals surface area contributed by atoms with Crippen molar-refractivity contribution in [3.63, 3.8) is 0 Å². The van der Waals surface area contributed by atoms with Crippen LogP contribution in [0.5, 0.6) is 0 Å². The summed E-state index contributed by atoms with van der Waals surface area (Å²) in [6.07, 6.45) is 0. The predicted octanol–water partition coefficient (Wildman–Crippen LogP) is 4.54. The molecule has 1 aromatic heterocycles. The molecule has 5 heteroatoms. The lowest BCUT2D eigenvalue weighted by Gasteiger charge is -2.32. The van der Waals surface area contributed by atoms with Gasteiger partial charge in [-0.05, 0) is 45.3 Å². The van der Waals surface area contributed by atoms with Crippen molar-refractivity contribution < 1.29 is 13.7 Å². The highest BCUT2D eigenvalue weighted by molar-refractivity contribution is 6.62. The highest BCUT2D eigenvalue weighted by Gasteiger charge is 2.51. The Balaban J connectivity index is 1.81. The van der Waals surface area contributed by atoms with Gasteiger partial charge in [-0.3, -0.25) is 0 Å². The SMILES string of the molecule is CC1(C)OB(c2ccc3c(c2)oc2c(Cl)cccc23)OC1(C)C. The first kappa shape index (κ1) is 15.1. The van der Waals surface area contributed by atoms with Gasteiger partial charge in [0.05, 0.1) is 16.2 Å². The monoisotopic (exact) mass is 328 g/mol. The third-order valence-electron chi connectivity index (χ3n) is 5.00. The second-order valence-corrected chi connectivity index (χ2v) is 7.47. The number of benzene rings is 2. The molecule has 4 rings (SSSR count). The number of hydrogen-bond donors (Lipinski definition) is 0. The summed E-state index contributed by atoms with van der Waals surface area (Å²) in [5.41, 5.74) is 1.75. The van der Waals surface area contributed by atoms with E-state index in [-0.39, 0.29) is 11.2 Å². The maximum atomic E-state index is 6.23. The summed E-state index contributed by atoms with van der Waals surface area (Å²) in [6.45, 7) is 8.19. The zero-order valence-corrected chi connectivity index (χ0v) is 14.4. The van der Waals surface area contributed by atoms with Crippen LogP contribution in [0.2, 0.25) is 5.02 Å². The molecule has 118 valence electrons. The molecule has 3 nitrogen and oxygen atoms in total. The van der Waals surface area contributed by atoms with Crippen molar-refractivity contribution in [2.24, 2.45) is 0 Å². The molecule has 0 spiro atoms. The largest absolute Gasteiger partial charge is 0.494 e. The first-order valence-electron chi connectivity index (χ1n) is 7.75. The summed E-state index contributed by atoms with van der Waals surface area (Å²) in [5, 5.41) is 2.69. The van der Waals surface area contributed by atoms with Gasteiger partial charge in [0.25, 0.3) is 0 Å². The molecular weight excluding hydrogens is 310 g/mol. The van der Waals surface area contributed by atoms with E-state index in [2.05, 4.69) is 0 Å². The van der Waals surface area contributed by atoms with E-state index in [1.807, 2.05) is 64.1 Å². The molecule has 1 aliphatic rings. The minimum absolute atomic E-state index is 0.357. The fraction of sp³-hybridized carbons (Fsp3) is 0.333. The summed E-state index contributed by atoms with van der Waals surface area (Å²) in [6, 6.07) is 11.8. The number of rotatable bonds is 1. The van der Waals surface area contributed by atoms with E-state index in [4.69, 9.17) is 25.3 Å². The average molecular weight is 329 g/mol. The molecule has 1 aliphatic heterocycles. The minimum atomic E-state index is -0.395. The Morgan fingerprint density at radius 2 is 1.61 bits per heavy atom.